The molecule has 0 spiro atoms. The third-order valence-corrected chi connectivity index (χ3v) is 5.61. The maximum absolute atomic E-state index is 12.6. The fourth-order valence-electron chi connectivity index (χ4n) is 2.67. The van der Waals surface area contributed by atoms with Crippen LogP contribution in [0.2, 0.25) is 0 Å². The van der Waals surface area contributed by atoms with Crippen molar-refractivity contribution in [2.75, 3.05) is 19.7 Å². The fourth-order valence-corrected chi connectivity index (χ4v) is 4.81. The maximum Gasteiger partial charge on any atom is 0.244 e. The van der Waals surface area contributed by atoms with Crippen LogP contribution >= 0.6 is 28.3 Å². The number of ether oxygens (including phenoxy) is 1. The third-order valence-electron chi connectivity index (χ3n) is 3.62. The average Bonchev–Trinajstić information content (AvgIpc) is 2.86. The average molecular weight is 398 g/mol. The van der Waals surface area contributed by atoms with E-state index in [4.69, 9.17) is 4.74 Å². The Morgan fingerprint density at radius 1 is 1.38 bits per heavy atom. The van der Waals surface area contributed by atoms with Crippen molar-refractivity contribution in [3.8, 4) is 5.75 Å². The van der Waals surface area contributed by atoms with Gasteiger partial charge in [-0.25, -0.2) is 13.1 Å². The summed E-state index contributed by atoms with van der Waals surface area (Å²) < 4.78 is 34.2. The van der Waals surface area contributed by atoms with Crippen LogP contribution in [0.1, 0.15) is 18.4 Å². The van der Waals surface area contributed by atoms with Crippen LogP contribution in [0.3, 0.4) is 0 Å². The zero-order valence-electron chi connectivity index (χ0n) is 11.4. The van der Waals surface area contributed by atoms with Gasteiger partial charge in [-0.2, -0.15) is 0 Å². The topological polar surface area (TPSA) is 67.4 Å². The van der Waals surface area contributed by atoms with Crippen LogP contribution in [0.4, 0.5) is 0 Å². The summed E-state index contributed by atoms with van der Waals surface area (Å²) in [7, 11) is -3.55. The SMILES string of the molecule is Cl.O=S(=O)(NC1CCCNC1)c1cc(Br)cc2c1OCC2. The summed E-state index contributed by atoms with van der Waals surface area (Å²) in [6, 6.07) is 3.48. The van der Waals surface area contributed by atoms with Crippen LogP contribution in [0.5, 0.6) is 5.75 Å². The number of sulfonamides is 1. The van der Waals surface area contributed by atoms with Gasteiger partial charge in [0.05, 0.1) is 6.61 Å². The molecule has 0 aromatic heterocycles. The molecule has 1 saturated heterocycles. The number of benzene rings is 1. The summed E-state index contributed by atoms with van der Waals surface area (Å²) in [5, 5.41) is 3.21. The molecule has 0 aliphatic carbocycles. The minimum Gasteiger partial charge on any atom is -0.492 e. The number of piperidine rings is 1. The first kappa shape index (κ1) is 17.0. The van der Waals surface area contributed by atoms with E-state index < -0.39 is 10.0 Å². The van der Waals surface area contributed by atoms with Crippen molar-refractivity contribution in [3.05, 3.63) is 22.2 Å². The zero-order valence-corrected chi connectivity index (χ0v) is 14.6. The monoisotopic (exact) mass is 396 g/mol. The van der Waals surface area contributed by atoms with E-state index >= 15 is 0 Å². The minimum atomic E-state index is -3.55. The van der Waals surface area contributed by atoms with Gasteiger partial charge in [0.25, 0.3) is 0 Å². The Morgan fingerprint density at radius 3 is 2.90 bits per heavy atom. The molecule has 0 radical (unpaired) electrons. The number of fused-ring (bicyclic) bond motifs is 1. The van der Waals surface area contributed by atoms with Gasteiger partial charge in [-0.05, 0) is 31.5 Å². The van der Waals surface area contributed by atoms with Gasteiger partial charge >= 0.3 is 0 Å². The lowest BCUT2D eigenvalue weighted by Crippen LogP contribution is -2.45. The molecule has 21 heavy (non-hydrogen) atoms. The highest BCUT2D eigenvalue weighted by molar-refractivity contribution is 9.10. The van der Waals surface area contributed by atoms with Gasteiger partial charge in [0.1, 0.15) is 10.6 Å². The molecule has 1 fully saturated rings. The Labute approximate surface area is 139 Å². The normalized spacial score (nSPS) is 21.3. The molecule has 1 atom stereocenters. The molecule has 2 N–H and O–H groups in total. The van der Waals surface area contributed by atoms with E-state index in [1.54, 1.807) is 6.07 Å². The molecule has 1 unspecified atom stereocenters. The van der Waals surface area contributed by atoms with Gasteiger partial charge in [0, 0.05) is 29.0 Å². The van der Waals surface area contributed by atoms with Gasteiger partial charge in [-0.15, -0.1) is 12.4 Å². The molecule has 5 nitrogen and oxygen atoms in total. The van der Waals surface area contributed by atoms with Gasteiger partial charge in [-0.1, -0.05) is 15.9 Å². The van der Waals surface area contributed by atoms with Gasteiger partial charge in [0.2, 0.25) is 10.0 Å². The molecule has 8 heteroatoms. The third kappa shape index (κ3) is 3.71. The first-order valence-corrected chi connectivity index (χ1v) is 9.02. The standard InChI is InChI=1S/C13H17BrN2O3S.ClH/c14-10-6-9-3-5-19-13(9)12(7-10)20(17,18)16-11-2-1-4-15-8-11;/h6-7,11,15-16H,1-5,8H2;1H. The second kappa shape index (κ2) is 6.83. The van der Waals surface area contributed by atoms with Crippen molar-refractivity contribution in [1.29, 1.82) is 0 Å². The Morgan fingerprint density at radius 2 is 2.19 bits per heavy atom. The number of hydrogen-bond acceptors (Lipinski definition) is 4. The number of rotatable bonds is 3. The van der Waals surface area contributed by atoms with Crippen LogP contribution in [-0.2, 0) is 16.4 Å². The smallest absolute Gasteiger partial charge is 0.244 e. The second-order valence-corrected chi connectivity index (χ2v) is 7.75. The molecule has 0 amide bonds. The van der Waals surface area contributed by atoms with Crippen LogP contribution < -0.4 is 14.8 Å². The highest BCUT2D eigenvalue weighted by Crippen LogP contribution is 2.35. The second-order valence-electron chi connectivity index (χ2n) is 5.16. The van der Waals surface area contributed by atoms with Gasteiger partial charge in [-0.3, -0.25) is 0 Å². The maximum atomic E-state index is 12.6. The van der Waals surface area contributed by atoms with E-state index in [2.05, 4.69) is 26.0 Å². The van der Waals surface area contributed by atoms with Crippen LogP contribution in [-0.4, -0.2) is 34.2 Å². The van der Waals surface area contributed by atoms with Crippen LogP contribution in [0, 0.1) is 0 Å². The van der Waals surface area contributed by atoms with E-state index in [9.17, 15) is 8.42 Å². The first-order valence-electron chi connectivity index (χ1n) is 6.74. The summed E-state index contributed by atoms with van der Waals surface area (Å²) in [5.41, 5.74) is 0.946. The van der Waals surface area contributed by atoms with Crippen molar-refractivity contribution in [2.45, 2.75) is 30.2 Å². The summed E-state index contributed by atoms with van der Waals surface area (Å²) >= 11 is 3.37. The highest BCUT2D eigenvalue weighted by atomic mass is 79.9. The minimum absolute atomic E-state index is 0. The molecular weight excluding hydrogens is 380 g/mol. The van der Waals surface area contributed by atoms with Crippen molar-refractivity contribution in [2.24, 2.45) is 0 Å². The van der Waals surface area contributed by atoms with E-state index in [1.807, 2.05) is 6.07 Å². The molecule has 0 saturated carbocycles. The molecule has 118 valence electrons. The van der Waals surface area contributed by atoms with Crippen molar-refractivity contribution in [3.63, 3.8) is 0 Å². The van der Waals surface area contributed by atoms with E-state index in [1.165, 1.54) is 0 Å². The van der Waals surface area contributed by atoms with Crippen molar-refractivity contribution < 1.29 is 13.2 Å². The molecule has 2 aliphatic rings. The molecule has 2 heterocycles. The van der Waals surface area contributed by atoms with Crippen molar-refractivity contribution in [1.82, 2.24) is 10.0 Å². The largest absolute Gasteiger partial charge is 0.492 e. The molecule has 3 rings (SSSR count). The lowest BCUT2D eigenvalue weighted by molar-refractivity contribution is 0.348. The Hall–Kier alpha value is -0.340. The summed E-state index contributed by atoms with van der Waals surface area (Å²) in [6.45, 7) is 2.17. The zero-order chi connectivity index (χ0) is 14.2. The van der Waals surface area contributed by atoms with E-state index in [-0.39, 0.29) is 23.3 Å². The number of halogens is 2. The van der Waals surface area contributed by atoms with Crippen LogP contribution in [0.15, 0.2) is 21.5 Å². The predicted octanol–water partition coefficient (Wildman–Crippen LogP) is 1.84. The lowest BCUT2D eigenvalue weighted by atomic mass is 10.1. The Bertz CT molecular complexity index is 618. The summed E-state index contributed by atoms with van der Waals surface area (Å²) in [4.78, 5) is 0.241. The molecule has 1 aromatic rings. The lowest BCUT2D eigenvalue weighted by Gasteiger charge is -2.24. The molecular formula is C13H18BrClN2O3S. The Kier molecular flexibility index (Phi) is 5.54. The highest BCUT2D eigenvalue weighted by Gasteiger charge is 2.28. The predicted molar refractivity (Wildman–Crippen MR) is 86.8 cm³/mol. The summed E-state index contributed by atoms with van der Waals surface area (Å²) in [6.07, 6.45) is 2.60. The summed E-state index contributed by atoms with van der Waals surface area (Å²) in [5.74, 6) is 0.504. The van der Waals surface area contributed by atoms with Crippen molar-refractivity contribution >= 4 is 38.4 Å². The molecule has 2 aliphatic heterocycles. The Balaban J connectivity index is 0.00000161. The van der Waals surface area contributed by atoms with E-state index in [0.29, 0.717) is 18.9 Å². The van der Waals surface area contributed by atoms with Gasteiger partial charge < -0.3 is 10.1 Å². The van der Waals surface area contributed by atoms with Gasteiger partial charge in [0.15, 0.2) is 0 Å². The molecule has 0 bridgehead atoms. The fraction of sp³-hybridized carbons (Fsp3) is 0.538. The first-order chi connectivity index (χ1) is 9.56. The quantitative estimate of drug-likeness (QED) is 0.817. The van der Waals surface area contributed by atoms with Crippen LogP contribution in [0.25, 0.3) is 0 Å². The van der Waals surface area contributed by atoms with E-state index in [0.717, 1.165) is 35.8 Å². The number of nitrogens with one attached hydrogen (secondary N) is 2. The molecule has 1 aromatic carbocycles. The number of hydrogen-bond donors (Lipinski definition) is 2.